The summed E-state index contributed by atoms with van der Waals surface area (Å²) >= 11 is 0. The van der Waals surface area contributed by atoms with E-state index in [-0.39, 0.29) is 18.2 Å². The molecule has 0 unspecified atom stereocenters. The third kappa shape index (κ3) is 4.11. The van der Waals surface area contributed by atoms with Gasteiger partial charge in [-0.05, 0) is 36.4 Å². The summed E-state index contributed by atoms with van der Waals surface area (Å²) in [6, 6.07) is 12.9. The van der Waals surface area contributed by atoms with Gasteiger partial charge in [-0.1, -0.05) is 24.8 Å². The molecule has 0 aliphatic rings. The molecule has 1 aromatic heterocycles. The fraction of sp³-hybridized carbons (Fsp3) is 0.158. The smallest absolute Gasteiger partial charge is 0.406 e. The Bertz CT molecular complexity index is 978. The minimum Gasteiger partial charge on any atom is -0.406 e. The number of fused-ring (bicyclic) bond motifs is 1. The Hall–Kier alpha value is -3.29. The van der Waals surface area contributed by atoms with E-state index in [0.29, 0.717) is 11.4 Å². The average molecular weight is 375 g/mol. The highest BCUT2D eigenvalue weighted by Crippen LogP contribution is 2.26. The van der Waals surface area contributed by atoms with E-state index < -0.39 is 6.36 Å². The van der Waals surface area contributed by atoms with Crippen molar-refractivity contribution in [1.29, 1.82) is 0 Å². The highest BCUT2D eigenvalue weighted by Gasteiger charge is 2.31. The lowest BCUT2D eigenvalue weighted by atomic mass is 10.2. The first-order valence-electron chi connectivity index (χ1n) is 7.99. The number of alkyl halides is 3. The molecule has 0 aliphatic carbocycles. The minimum atomic E-state index is -4.74. The van der Waals surface area contributed by atoms with Crippen LogP contribution in [0.15, 0.2) is 61.2 Å². The van der Waals surface area contributed by atoms with Crippen molar-refractivity contribution < 1.29 is 22.7 Å². The maximum Gasteiger partial charge on any atom is 0.573 e. The van der Waals surface area contributed by atoms with E-state index in [2.05, 4.69) is 16.4 Å². The molecule has 3 aromatic rings. The van der Waals surface area contributed by atoms with Gasteiger partial charge in [-0.3, -0.25) is 4.79 Å². The molecule has 3 rings (SSSR count). The van der Waals surface area contributed by atoms with Crippen molar-refractivity contribution in [3.05, 3.63) is 66.9 Å². The summed E-state index contributed by atoms with van der Waals surface area (Å²) in [5, 5.41) is 5.39. The van der Waals surface area contributed by atoms with Crippen LogP contribution in [0, 0.1) is 0 Å². The molecule has 27 heavy (non-hydrogen) atoms. The monoisotopic (exact) mass is 375 g/mol. The first-order valence-corrected chi connectivity index (χ1v) is 7.99. The number of para-hydroxylation sites is 1. The number of hydrogen-bond donors (Lipinski definition) is 0. The number of amides is 1. The standard InChI is InChI=1S/C19H16F3N3O2/c1-3-18(26)24(2)12-16-15-6-4-5-7-17(15)25(23-16)13-8-10-14(11-9-13)27-19(20,21)22/h3-11H,1,12H2,2H3. The van der Waals surface area contributed by atoms with Crippen LogP contribution >= 0.6 is 0 Å². The van der Waals surface area contributed by atoms with E-state index in [9.17, 15) is 18.0 Å². The number of ether oxygens (including phenoxy) is 1. The van der Waals surface area contributed by atoms with Crippen molar-refractivity contribution in [2.75, 3.05) is 7.05 Å². The SMILES string of the molecule is C=CC(=O)N(C)Cc1nn(-c2ccc(OC(F)(F)F)cc2)c2ccccc12. The van der Waals surface area contributed by atoms with Gasteiger partial charge in [0.05, 0.1) is 23.4 Å². The lowest BCUT2D eigenvalue weighted by molar-refractivity contribution is -0.274. The number of carbonyl (C=O) groups is 1. The fourth-order valence-corrected chi connectivity index (χ4v) is 2.69. The van der Waals surface area contributed by atoms with E-state index in [1.165, 1.54) is 35.2 Å². The number of nitrogens with zero attached hydrogens (tertiary/aromatic N) is 3. The Morgan fingerprint density at radius 1 is 1.22 bits per heavy atom. The predicted molar refractivity (Wildman–Crippen MR) is 94.4 cm³/mol. The maximum atomic E-state index is 12.3. The Morgan fingerprint density at radius 3 is 2.52 bits per heavy atom. The van der Waals surface area contributed by atoms with Gasteiger partial charge in [0.1, 0.15) is 5.75 Å². The Balaban J connectivity index is 1.97. The van der Waals surface area contributed by atoms with Gasteiger partial charge in [0.2, 0.25) is 5.91 Å². The molecule has 1 amide bonds. The third-order valence-corrected chi connectivity index (χ3v) is 3.92. The van der Waals surface area contributed by atoms with Crippen molar-refractivity contribution in [2.24, 2.45) is 0 Å². The van der Waals surface area contributed by atoms with Crippen molar-refractivity contribution >= 4 is 16.8 Å². The zero-order valence-electron chi connectivity index (χ0n) is 14.4. The number of carbonyl (C=O) groups excluding carboxylic acids is 1. The van der Waals surface area contributed by atoms with Crippen LogP contribution in [0.25, 0.3) is 16.6 Å². The first kappa shape index (κ1) is 18.5. The van der Waals surface area contributed by atoms with Gasteiger partial charge >= 0.3 is 6.36 Å². The van der Waals surface area contributed by atoms with E-state index >= 15 is 0 Å². The molecule has 0 aliphatic heterocycles. The highest BCUT2D eigenvalue weighted by molar-refractivity contribution is 5.88. The lowest BCUT2D eigenvalue weighted by Crippen LogP contribution is -2.24. The quantitative estimate of drug-likeness (QED) is 0.632. The summed E-state index contributed by atoms with van der Waals surface area (Å²) in [6.07, 6.45) is -3.52. The minimum absolute atomic E-state index is 0.234. The van der Waals surface area contributed by atoms with Gasteiger partial charge < -0.3 is 9.64 Å². The Morgan fingerprint density at radius 2 is 1.89 bits per heavy atom. The molecule has 0 N–H and O–H groups in total. The summed E-state index contributed by atoms with van der Waals surface area (Å²) in [7, 11) is 1.64. The van der Waals surface area contributed by atoms with E-state index in [0.717, 1.165) is 10.9 Å². The van der Waals surface area contributed by atoms with Crippen LogP contribution in [0.1, 0.15) is 5.69 Å². The first-order chi connectivity index (χ1) is 12.8. The summed E-state index contributed by atoms with van der Waals surface area (Å²) in [5.41, 5.74) is 2.01. The van der Waals surface area contributed by atoms with Gasteiger partial charge in [-0.2, -0.15) is 5.10 Å². The molecule has 0 saturated carbocycles. The zero-order chi connectivity index (χ0) is 19.6. The number of hydrogen-bond acceptors (Lipinski definition) is 3. The van der Waals surface area contributed by atoms with Gasteiger partial charge in [0.15, 0.2) is 0 Å². The van der Waals surface area contributed by atoms with E-state index in [1.807, 2.05) is 24.3 Å². The van der Waals surface area contributed by atoms with Gasteiger partial charge in [-0.15, -0.1) is 13.2 Å². The van der Waals surface area contributed by atoms with Crippen LogP contribution in [-0.4, -0.2) is 34.0 Å². The molecular weight excluding hydrogens is 359 g/mol. The zero-order valence-corrected chi connectivity index (χ0v) is 14.4. The molecule has 1 heterocycles. The Labute approximate surface area is 153 Å². The van der Waals surface area contributed by atoms with Crippen molar-refractivity contribution in [3.63, 3.8) is 0 Å². The van der Waals surface area contributed by atoms with Gasteiger partial charge in [0, 0.05) is 12.4 Å². The summed E-state index contributed by atoms with van der Waals surface area (Å²) in [5.74, 6) is -0.540. The van der Waals surface area contributed by atoms with Gasteiger partial charge in [0.25, 0.3) is 0 Å². The molecule has 0 bridgehead atoms. The summed E-state index contributed by atoms with van der Waals surface area (Å²) in [6.45, 7) is 3.73. The molecule has 5 nitrogen and oxygen atoms in total. The number of aromatic nitrogens is 2. The highest BCUT2D eigenvalue weighted by atomic mass is 19.4. The van der Waals surface area contributed by atoms with E-state index in [4.69, 9.17) is 0 Å². The summed E-state index contributed by atoms with van der Waals surface area (Å²) in [4.78, 5) is 13.2. The van der Waals surface area contributed by atoms with Crippen LogP contribution in [0.4, 0.5) is 13.2 Å². The molecule has 140 valence electrons. The fourth-order valence-electron chi connectivity index (χ4n) is 2.69. The number of likely N-dealkylation sites (N-methyl/N-ethyl adjacent to an activating group) is 1. The third-order valence-electron chi connectivity index (χ3n) is 3.92. The molecule has 8 heteroatoms. The van der Waals surface area contributed by atoms with Crippen LogP contribution in [-0.2, 0) is 11.3 Å². The second-order valence-electron chi connectivity index (χ2n) is 5.82. The average Bonchev–Trinajstić information content (AvgIpc) is 2.99. The van der Waals surface area contributed by atoms with Gasteiger partial charge in [-0.25, -0.2) is 4.68 Å². The van der Waals surface area contributed by atoms with Crippen molar-refractivity contribution in [2.45, 2.75) is 12.9 Å². The van der Waals surface area contributed by atoms with Crippen LogP contribution in [0.2, 0.25) is 0 Å². The topological polar surface area (TPSA) is 47.4 Å². The predicted octanol–water partition coefficient (Wildman–Crippen LogP) is 4.07. The molecule has 0 atom stereocenters. The van der Waals surface area contributed by atoms with Crippen LogP contribution in [0.5, 0.6) is 5.75 Å². The second kappa shape index (κ2) is 7.14. The van der Waals surface area contributed by atoms with Crippen LogP contribution in [0.3, 0.4) is 0 Å². The summed E-state index contributed by atoms with van der Waals surface area (Å²) < 4.78 is 42.5. The Kier molecular flexibility index (Phi) is 4.89. The van der Waals surface area contributed by atoms with Crippen molar-refractivity contribution in [3.8, 4) is 11.4 Å². The molecule has 0 fully saturated rings. The number of benzene rings is 2. The van der Waals surface area contributed by atoms with Crippen LogP contribution < -0.4 is 4.74 Å². The molecule has 0 radical (unpaired) electrons. The maximum absolute atomic E-state index is 12.3. The second-order valence-corrected chi connectivity index (χ2v) is 5.82. The lowest BCUT2D eigenvalue weighted by Gasteiger charge is -2.13. The molecule has 2 aromatic carbocycles. The number of rotatable bonds is 5. The molecule has 0 spiro atoms. The normalized spacial score (nSPS) is 11.4. The largest absolute Gasteiger partial charge is 0.573 e. The molecular formula is C19H16F3N3O2. The van der Waals surface area contributed by atoms with Crippen molar-refractivity contribution in [1.82, 2.24) is 14.7 Å². The number of halogens is 3. The molecule has 0 saturated heterocycles. The van der Waals surface area contributed by atoms with E-state index in [1.54, 1.807) is 11.7 Å².